The van der Waals surface area contributed by atoms with E-state index in [9.17, 15) is 14.4 Å². The molecule has 0 saturated heterocycles. The van der Waals surface area contributed by atoms with Crippen molar-refractivity contribution in [3.05, 3.63) is 82.6 Å². The van der Waals surface area contributed by atoms with Gasteiger partial charge >= 0.3 is 5.97 Å². The molecule has 4 rings (SSSR count). The van der Waals surface area contributed by atoms with E-state index in [4.69, 9.17) is 5.11 Å². The number of H-pyrrole nitrogens is 1. The van der Waals surface area contributed by atoms with E-state index in [0.717, 1.165) is 27.7 Å². The monoisotopic (exact) mass is 517 g/mol. The van der Waals surface area contributed by atoms with Crippen LogP contribution in [0.4, 0.5) is 0 Å². The first-order valence-electron chi connectivity index (χ1n) is 12.5. The average Bonchev–Trinajstić information content (AvgIpc) is 3.57. The fourth-order valence-corrected chi connectivity index (χ4v) is 5.08. The summed E-state index contributed by atoms with van der Waals surface area (Å²) in [5, 5.41) is 17.7. The van der Waals surface area contributed by atoms with Crippen LogP contribution in [0, 0.1) is 0 Å². The Hall–Kier alpha value is -3.91. The summed E-state index contributed by atoms with van der Waals surface area (Å²) in [5.41, 5.74) is 4.31. The van der Waals surface area contributed by atoms with E-state index in [0.29, 0.717) is 43.5 Å². The number of amides is 2. The number of carbonyl (C=O) groups excluding carboxylic acids is 2. The summed E-state index contributed by atoms with van der Waals surface area (Å²) < 4.78 is 0. The zero-order valence-electron chi connectivity index (χ0n) is 20.5. The van der Waals surface area contributed by atoms with Gasteiger partial charge in [0.2, 0.25) is 5.91 Å². The molecule has 0 fully saturated rings. The van der Waals surface area contributed by atoms with Gasteiger partial charge in [0.15, 0.2) is 0 Å². The molecule has 2 heterocycles. The predicted molar refractivity (Wildman–Crippen MR) is 147 cm³/mol. The molecule has 0 bridgehead atoms. The first-order chi connectivity index (χ1) is 18.0. The summed E-state index contributed by atoms with van der Waals surface area (Å²) in [6, 6.07) is 21.1. The number of rotatable bonds is 13. The highest BCUT2D eigenvalue weighted by Crippen LogP contribution is 2.30. The van der Waals surface area contributed by atoms with Gasteiger partial charge in [0.05, 0.1) is 4.88 Å². The third kappa shape index (κ3) is 7.07. The Bertz CT molecular complexity index is 1330. The maximum Gasteiger partial charge on any atom is 0.303 e. The Balaban J connectivity index is 1.42. The van der Waals surface area contributed by atoms with Gasteiger partial charge < -0.3 is 20.7 Å². The number of nitrogens with one attached hydrogen (secondary N) is 3. The van der Waals surface area contributed by atoms with Crippen molar-refractivity contribution in [1.29, 1.82) is 0 Å². The van der Waals surface area contributed by atoms with Crippen LogP contribution in [0.25, 0.3) is 22.2 Å². The second-order valence-corrected chi connectivity index (χ2v) is 9.88. The van der Waals surface area contributed by atoms with Crippen molar-refractivity contribution in [2.75, 3.05) is 6.54 Å². The molecule has 0 unspecified atom stereocenters. The molecule has 0 saturated carbocycles. The van der Waals surface area contributed by atoms with Crippen molar-refractivity contribution in [3.8, 4) is 11.3 Å². The molecule has 0 aliphatic carbocycles. The number of hydrogen-bond donors (Lipinski definition) is 4. The Morgan fingerprint density at radius 2 is 1.70 bits per heavy atom. The standard InChI is InChI=1S/C29H31N3O4S/c33-26(34)16-6-2-5-14-24(32-29(36)25-15-9-19-37-25)28(35)30-18-17-22-21-12-7-8-13-23(21)31-27(22)20-10-3-1-4-11-20/h1,3-4,7-13,15,19,24,31H,2,5-6,14,16-18H2,(H,30,35)(H,32,36)(H,33,34)/t24-/m0/s1. The van der Waals surface area contributed by atoms with Crippen LogP contribution < -0.4 is 10.6 Å². The topological polar surface area (TPSA) is 111 Å². The Kier molecular flexibility index (Phi) is 9.10. The van der Waals surface area contributed by atoms with E-state index in [2.05, 4.69) is 33.8 Å². The minimum absolute atomic E-state index is 0.104. The summed E-state index contributed by atoms with van der Waals surface area (Å²) in [6.07, 6.45) is 3.06. The second kappa shape index (κ2) is 12.9. The van der Waals surface area contributed by atoms with Crippen molar-refractivity contribution in [3.63, 3.8) is 0 Å². The molecular weight excluding hydrogens is 486 g/mol. The lowest BCUT2D eigenvalue weighted by Gasteiger charge is -2.18. The summed E-state index contributed by atoms with van der Waals surface area (Å²) in [5.74, 6) is -1.33. The van der Waals surface area contributed by atoms with E-state index in [1.165, 1.54) is 11.3 Å². The van der Waals surface area contributed by atoms with Gasteiger partial charge in [-0.3, -0.25) is 14.4 Å². The number of carboxylic acids is 1. The number of unbranched alkanes of at least 4 members (excludes halogenated alkanes) is 2. The second-order valence-electron chi connectivity index (χ2n) is 8.93. The van der Waals surface area contributed by atoms with Gasteiger partial charge in [0.25, 0.3) is 5.91 Å². The molecule has 37 heavy (non-hydrogen) atoms. The van der Waals surface area contributed by atoms with Crippen LogP contribution >= 0.6 is 11.3 Å². The number of carboxylic acid groups (broad SMARTS) is 1. The molecular formula is C29H31N3O4S. The summed E-state index contributed by atoms with van der Waals surface area (Å²) in [4.78, 5) is 40.6. The molecule has 8 heteroatoms. The molecule has 2 aromatic carbocycles. The van der Waals surface area contributed by atoms with Crippen LogP contribution in [0.15, 0.2) is 72.1 Å². The lowest BCUT2D eigenvalue weighted by Crippen LogP contribution is -2.47. The molecule has 4 N–H and O–H groups in total. The highest BCUT2D eigenvalue weighted by Gasteiger charge is 2.22. The van der Waals surface area contributed by atoms with Gasteiger partial charge in [0.1, 0.15) is 6.04 Å². The number of thiophene rings is 1. The van der Waals surface area contributed by atoms with E-state index in [-0.39, 0.29) is 18.2 Å². The van der Waals surface area contributed by atoms with Gasteiger partial charge in [0, 0.05) is 29.6 Å². The van der Waals surface area contributed by atoms with Crippen molar-refractivity contribution >= 4 is 40.0 Å². The Morgan fingerprint density at radius 3 is 2.46 bits per heavy atom. The van der Waals surface area contributed by atoms with Gasteiger partial charge in [-0.25, -0.2) is 0 Å². The summed E-state index contributed by atoms with van der Waals surface area (Å²) in [6.45, 7) is 0.422. The van der Waals surface area contributed by atoms with Crippen molar-refractivity contribution in [2.24, 2.45) is 0 Å². The zero-order chi connectivity index (χ0) is 26.0. The number of aromatic nitrogens is 1. The zero-order valence-corrected chi connectivity index (χ0v) is 21.4. The minimum atomic E-state index is -0.826. The number of hydrogen-bond acceptors (Lipinski definition) is 4. The predicted octanol–water partition coefficient (Wildman–Crippen LogP) is 5.39. The Morgan fingerprint density at radius 1 is 0.919 bits per heavy atom. The van der Waals surface area contributed by atoms with Crippen LogP contribution in [-0.4, -0.2) is 40.5 Å². The van der Waals surface area contributed by atoms with Crippen LogP contribution in [0.2, 0.25) is 0 Å². The normalized spacial score (nSPS) is 11.8. The fraction of sp³-hybridized carbons (Fsp3) is 0.276. The van der Waals surface area contributed by atoms with Crippen LogP contribution in [-0.2, 0) is 16.0 Å². The molecule has 1 atom stereocenters. The van der Waals surface area contributed by atoms with E-state index >= 15 is 0 Å². The largest absolute Gasteiger partial charge is 0.481 e. The molecule has 7 nitrogen and oxygen atoms in total. The Labute approximate surface area is 219 Å². The molecule has 2 aromatic heterocycles. The average molecular weight is 518 g/mol. The lowest BCUT2D eigenvalue weighted by atomic mass is 10.0. The third-order valence-corrected chi connectivity index (χ3v) is 7.17. The lowest BCUT2D eigenvalue weighted by molar-refractivity contribution is -0.137. The molecule has 4 aromatic rings. The summed E-state index contributed by atoms with van der Waals surface area (Å²) in [7, 11) is 0. The first kappa shape index (κ1) is 26.2. The molecule has 2 amide bonds. The number of benzene rings is 2. The van der Waals surface area contributed by atoms with Crippen LogP contribution in [0.3, 0.4) is 0 Å². The number of carbonyl (C=O) groups is 3. The van der Waals surface area contributed by atoms with E-state index in [1.54, 1.807) is 12.1 Å². The number of aliphatic carboxylic acids is 1. The first-order valence-corrected chi connectivity index (χ1v) is 13.4. The van der Waals surface area contributed by atoms with Gasteiger partial charge in [-0.2, -0.15) is 0 Å². The fourth-order valence-electron chi connectivity index (χ4n) is 4.45. The summed E-state index contributed by atoms with van der Waals surface area (Å²) >= 11 is 1.32. The quantitative estimate of drug-likeness (QED) is 0.178. The maximum atomic E-state index is 13.1. The van der Waals surface area contributed by atoms with Crippen LogP contribution in [0.5, 0.6) is 0 Å². The van der Waals surface area contributed by atoms with Gasteiger partial charge in [-0.15, -0.1) is 11.3 Å². The van der Waals surface area contributed by atoms with E-state index < -0.39 is 12.0 Å². The van der Waals surface area contributed by atoms with Crippen molar-refractivity contribution in [1.82, 2.24) is 15.6 Å². The minimum Gasteiger partial charge on any atom is -0.481 e. The molecule has 0 aliphatic heterocycles. The smallest absolute Gasteiger partial charge is 0.303 e. The molecule has 0 spiro atoms. The highest BCUT2D eigenvalue weighted by molar-refractivity contribution is 7.12. The van der Waals surface area contributed by atoms with Crippen LogP contribution in [0.1, 0.15) is 47.3 Å². The highest BCUT2D eigenvalue weighted by atomic mass is 32.1. The molecule has 192 valence electrons. The SMILES string of the molecule is O=C(O)CCCCC[C@H](NC(=O)c1cccs1)C(=O)NCCc1c(-c2ccccc2)[nH]c2ccccc12. The maximum absolute atomic E-state index is 13.1. The third-order valence-electron chi connectivity index (χ3n) is 6.30. The number of para-hydroxylation sites is 1. The number of fused-ring (bicyclic) bond motifs is 1. The van der Waals surface area contributed by atoms with Crippen molar-refractivity contribution in [2.45, 2.75) is 44.6 Å². The molecule has 0 radical (unpaired) electrons. The van der Waals surface area contributed by atoms with E-state index in [1.807, 2.05) is 41.8 Å². The van der Waals surface area contributed by atoms with Crippen molar-refractivity contribution < 1.29 is 19.5 Å². The molecule has 0 aliphatic rings. The number of aromatic amines is 1. The van der Waals surface area contributed by atoms with Gasteiger partial charge in [-0.05, 0) is 47.9 Å². The van der Waals surface area contributed by atoms with Gasteiger partial charge in [-0.1, -0.05) is 67.4 Å².